The van der Waals surface area contributed by atoms with Gasteiger partial charge in [-0.05, 0) is 38.3 Å². The molecule has 5 nitrogen and oxygen atoms in total. The fourth-order valence-electron chi connectivity index (χ4n) is 1.88. The topological polar surface area (TPSA) is 85.1 Å². The molecule has 1 saturated carbocycles. The van der Waals surface area contributed by atoms with E-state index < -0.39 is 10.0 Å². The highest BCUT2D eigenvalue weighted by molar-refractivity contribution is 7.89. The fourth-order valence-corrected chi connectivity index (χ4v) is 3.29. The summed E-state index contributed by atoms with van der Waals surface area (Å²) in [4.78, 5) is 4.19. The molecule has 3 N–H and O–H groups in total. The Labute approximate surface area is 101 Å². The van der Waals surface area contributed by atoms with Crippen LogP contribution in [-0.4, -0.2) is 18.9 Å². The number of rotatable bonds is 4. The molecule has 0 saturated heterocycles. The largest absolute Gasteiger partial charge is 0.325 e. The van der Waals surface area contributed by atoms with E-state index in [1.54, 1.807) is 12.1 Å². The van der Waals surface area contributed by atoms with Gasteiger partial charge in [-0.15, -0.1) is 0 Å². The molecule has 17 heavy (non-hydrogen) atoms. The molecule has 0 unspecified atom stereocenters. The molecule has 0 aromatic carbocycles. The van der Waals surface area contributed by atoms with Gasteiger partial charge >= 0.3 is 0 Å². The van der Waals surface area contributed by atoms with Crippen LogP contribution in [-0.2, 0) is 16.6 Å². The normalized spacial score (nSPS) is 18.7. The second kappa shape index (κ2) is 4.36. The highest BCUT2D eigenvalue weighted by atomic mass is 32.2. The lowest BCUT2D eigenvalue weighted by Gasteiger charge is -2.38. The number of pyridine rings is 1. The number of nitrogens with two attached hydrogens (primary N) is 1. The Morgan fingerprint density at radius 3 is 2.59 bits per heavy atom. The third kappa shape index (κ3) is 2.65. The first-order valence-corrected chi connectivity index (χ1v) is 7.12. The van der Waals surface area contributed by atoms with Crippen LogP contribution < -0.4 is 10.5 Å². The molecule has 0 aliphatic heterocycles. The third-order valence-electron chi connectivity index (χ3n) is 3.15. The van der Waals surface area contributed by atoms with E-state index in [9.17, 15) is 8.42 Å². The Morgan fingerprint density at radius 2 is 2.18 bits per heavy atom. The monoisotopic (exact) mass is 255 g/mol. The Bertz CT molecular complexity index is 492. The standard InChI is InChI=1S/C11H17N3O2S/c1-11(5-2-6-11)14-17(15,16)10-4-3-9(7-12)13-8-10/h3-4,8,14H,2,5-7,12H2,1H3. The third-order valence-corrected chi connectivity index (χ3v) is 4.78. The van der Waals surface area contributed by atoms with Crippen LogP contribution in [0.1, 0.15) is 31.9 Å². The van der Waals surface area contributed by atoms with E-state index in [0.717, 1.165) is 19.3 Å². The van der Waals surface area contributed by atoms with Crippen LogP contribution in [0.25, 0.3) is 0 Å². The summed E-state index contributed by atoms with van der Waals surface area (Å²) in [6.45, 7) is 2.24. The van der Waals surface area contributed by atoms with Gasteiger partial charge in [0.2, 0.25) is 10.0 Å². The van der Waals surface area contributed by atoms with E-state index >= 15 is 0 Å². The molecule has 1 fully saturated rings. The molecule has 2 rings (SSSR count). The van der Waals surface area contributed by atoms with Gasteiger partial charge in [-0.25, -0.2) is 13.1 Å². The first-order chi connectivity index (χ1) is 7.95. The number of sulfonamides is 1. The lowest BCUT2D eigenvalue weighted by molar-refractivity contribution is 0.248. The number of nitrogens with zero attached hydrogens (tertiary/aromatic N) is 1. The Balaban J connectivity index is 2.19. The molecule has 1 heterocycles. The zero-order chi connectivity index (χ0) is 12.5. The van der Waals surface area contributed by atoms with Crippen molar-refractivity contribution in [3.8, 4) is 0 Å². The fraction of sp³-hybridized carbons (Fsp3) is 0.545. The minimum atomic E-state index is -3.46. The molecule has 0 amide bonds. The van der Waals surface area contributed by atoms with Gasteiger partial charge in [0.05, 0.1) is 5.69 Å². The van der Waals surface area contributed by atoms with Gasteiger partial charge in [0.25, 0.3) is 0 Å². The van der Waals surface area contributed by atoms with Crippen molar-refractivity contribution < 1.29 is 8.42 Å². The summed E-state index contributed by atoms with van der Waals surface area (Å²) >= 11 is 0. The van der Waals surface area contributed by atoms with E-state index in [1.807, 2.05) is 6.92 Å². The maximum Gasteiger partial charge on any atom is 0.242 e. The molecule has 1 aliphatic carbocycles. The van der Waals surface area contributed by atoms with Crippen LogP contribution in [0, 0.1) is 0 Å². The summed E-state index contributed by atoms with van der Waals surface area (Å²) in [5, 5.41) is 0. The summed E-state index contributed by atoms with van der Waals surface area (Å²) in [5.74, 6) is 0. The van der Waals surface area contributed by atoms with Crippen LogP contribution in [0.3, 0.4) is 0 Å². The molecular weight excluding hydrogens is 238 g/mol. The number of aromatic nitrogens is 1. The predicted molar refractivity (Wildman–Crippen MR) is 64.7 cm³/mol. The number of hydrogen-bond acceptors (Lipinski definition) is 4. The zero-order valence-corrected chi connectivity index (χ0v) is 10.6. The van der Waals surface area contributed by atoms with Crippen molar-refractivity contribution in [2.24, 2.45) is 5.73 Å². The molecule has 0 spiro atoms. The predicted octanol–water partition coefficient (Wildman–Crippen LogP) is 0.761. The SMILES string of the molecule is CC1(NS(=O)(=O)c2ccc(CN)nc2)CCC1. The lowest BCUT2D eigenvalue weighted by Crippen LogP contribution is -2.50. The highest BCUT2D eigenvalue weighted by Crippen LogP contribution is 2.32. The molecule has 6 heteroatoms. The van der Waals surface area contributed by atoms with Gasteiger partial charge in [-0.1, -0.05) is 0 Å². The van der Waals surface area contributed by atoms with Crippen molar-refractivity contribution in [1.29, 1.82) is 0 Å². The van der Waals surface area contributed by atoms with Gasteiger partial charge in [0, 0.05) is 18.3 Å². The van der Waals surface area contributed by atoms with Crippen LogP contribution in [0.4, 0.5) is 0 Å². The molecule has 1 aromatic rings. The molecule has 94 valence electrons. The average Bonchev–Trinajstić information content (AvgIpc) is 2.26. The van der Waals surface area contributed by atoms with Crippen LogP contribution >= 0.6 is 0 Å². The lowest BCUT2D eigenvalue weighted by atomic mass is 9.80. The first-order valence-electron chi connectivity index (χ1n) is 5.64. The van der Waals surface area contributed by atoms with Crippen molar-refractivity contribution in [2.75, 3.05) is 0 Å². The van der Waals surface area contributed by atoms with Crippen molar-refractivity contribution in [2.45, 2.75) is 43.2 Å². The van der Waals surface area contributed by atoms with Crippen molar-refractivity contribution >= 4 is 10.0 Å². The van der Waals surface area contributed by atoms with Crippen molar-refractivity contribution in [1.82, 2.24) is 9.71 Å². The van der Waals surface area contributed by atoms with Gasteiger partial charge < -0.3 is 5.73 Å². The smallest absolute Gasteiger partial charge is 0.242 e. The van der Waals surface area contributed by atoms with E-state index in [2.05, 4.69) is 9.71 Å². The van der Waals surface area contributed by atoms with Gasteiger partial charge in [0.1, 0.15) is 4.90 Å². The molecule has 0 radical (unpaired) electrons. The van der Waals surface area contributed by atoms with Crippen molar-refractivity contribution in [3.05, 3.63) is 24.0 Å². The Kier molecular flexibility index (Phi) is 3.20. The highest BCUT2D eigenvalue weighted by Gasteiger charge is 2.36. The zero-order valence-electron chi connectivity index (χ0n) is 9.81. The average molecular weight is 255 g/mol. The molecular formula is C11H17N3O2S. The quantitative estimate of drug-likeness (QED) is 0.832. The maximum atomic E-state index is 12.1. The van der Waals surface area contributed by atoms with Gasteiger partial charge in [-0.3, -0.25) is 4.98 Å². The van der Waals surface area contributed by atoms with E-state index in [1.165, 1.54) is 6.20 Å². The van der Waals surface area contributed by atoms with E-state index in [4.69, 9.17) is 5.73 Å². The van der Waals surface area contributed by atoms with E-state index in [-0.39, 0.29) is 10.4 Å². The minimum absolute atomic E-state index is 0.197. The van der Waals surface area contributed by atoms with Crippen molar-refractivity contribution in [3.63, 3.8) is 0 Å². The molecule has 1 aliphatic rings. The van der Waals surface area contributed by atoms with Crippen LogP contribution in [0.15, 0.2) is 23.2 Å². The van der Waals surface area contributed by atoms with E-state index in [0.29, 0.717) is 12.2 Å². The number of hydrogen-bond donors (Lipinski definition) is 2. The second-order valence-corrected chi connectivity index (χ2v) is 6.39. The van der Waals surface area contributed by atoms with Gasteiger partial charge in [0.15, 0.2) is 0 Å². The molecule has 1 aromatic heterocycles. The van der Waals surface area contributed by atoms with Crippen LogP contribution in [0.5, 0.6) is 0 Å². The van der Waals surface area contributed by atoms with Crippen LogP contribution in [0.2, 0.25) is 0 Å². The maximum absolute atomic E-state index is 12.1. The summed E-state index contributed by atoms with van der Waals surface area (Å²) in [6.07, 6.45) is 4.21. The minimum Gasteiger partial charge on any atom is -0.325 e. The Hall–Kier alpha value is -0.980. The summed E-state index contributed by atoms with van der Waals surface area (Å²) in [5.41, 5.74) is 5.81. The number of nitrogens with one attached hydrogen (secondary N) is 1. The summed E-state index contributed by atoms with van der Waals surface area (Å²) in [7, 11) is -3.46. The molecule has 0 atom stereocenters. The summed E-state index contributed by atoms with van der Waals surface area (Å²) in [6, 6.07) is 3.18. The van der Waals surface area contributed by atoms with Gasteiger partial charge in [-0.2, -0.15) is 0 Å². The first kappa shape index (κ1) is 12.5. The molecule has 0 bridgehead atoms. The summed E-state index contributed by atoms with van der Waals surface area (Å²) < 4.78 is 26.8. The Morgan fingerprint density at radius 1 is 1.47 bits per heavy atom. The second-order valence-electron chi connectivity index (χ2n) is 4.71.